The van der Waals surface area contributed by atoms with Crippen LogP contribution in [0.1, 0.15) is 42.0 Å². The Labute approximate surface area is 193 Å². The fourth-order valence-electron chi connectivity index (χ4n) is 3.45. The van der Waals surface area contributed by atoms with Crippen molar-refractivity contribution in [3.63, 3.8) is 0 Å². The highest BCUT2D eigenvalue weighted by atomic mass is 35.5. The number of alkyl halides is 3. The van der Waals surface area contributed by atoms with E-state index >= 15 is 0 Å². The Morgan fingerprint density at radius 3 is 2.72 bits per heavy atom. The lowest BCUT2D eigenvalue weighted by atomic mass is 10.0. The highest BCUT2D eigenvalue weighted by Crippen LogP contribution is 2.33. The van der Waals surface area contributed by atoms with Crippen LogP contribution in [0.5, 0.6) is 0 Å². The first-order chi connectivity index (χ1) is 15.1. The maximum Gasteiger partial charge on any atom is 0.391 e. The van der Waals surface area contributed by atoms with Crippen LogP contribution in [0.25, 0.3) is 0 Å². The van der Waals surface area contributed by atoms with E-state index in [1.807, 2.05) is 6.92 Å². The predicted octanol–water partition coefficient (Wildman–Crippen LogP) is 4.72. The SMILES string of the molecule is C[C@@H](CO)Cc1ncc2c(n1)CN(C(=O)N[C@@H](CC(F)(F)F)c1ccc(Cl)c(Cl)c1)CC2. The average molecular weight is 491 g/mol. The number of carbonyl (C=O) groups excluding carboxylic acids is 1. The van der Waals surface area contributed by atoms with Gasteiger partial charge in [0, 0.05) is 25.8 Å². The zero-order chi connectivity index (χ0) is 23.5. The summed E-state index contributed by atoms with van der Waals surface area (Å²) in [6, 6.07) is 2.20. The number of halogens is 5. The van der Waals surface area contributed by atoms with Gasteiger partial charge in [-0.25, -0.2) is 14.8 Å². The summed E-state index contributed by atoms with van der Waals surface area (Å²) < 4.78 is 39.5. The summed E-state index contributed by atoms with van der Waals surface area (Å²) in [5, 5.41) is 12.0. The fourth-order valence-corrected chi connectivity index (χ4v) is 3.75. The highest BCUT2D eigenvalue weighted by Gasteiger charge is 2.35. The molecule has 0 saturated heterocycles. The van der Waals surface area contributed by atoms with Crippen LogP contribution in [0, 0.1) is 5.92 Å². The van der Waals surface area contributed by atoms with E-state index in [1.165, 1.54) is 23.1 Å². The zero-order valence-corrected chi connectivity index (χ0v) is 18.8. The Morgan fingerprint density at radius 2 is 2.06 bits per heavy atom. The van der Waals surface area contributed by atoms with E-state index in [2.05, 4.69) is 15.3 Å². The molecule has 0 fully saturated rings. The van der Waals surface area contributed by atoms with Crippen LogP contribution < -0.4 is 5.32 Å². The van der Waals surface area contributed by atoms with Crippen molar-refractivity contribution in [2.75, 3.05) is 13.2 Å². The van der Waals surface area contributed by atoms with Crippen LogP contribution in [0.15, 0.2) is 24.4 Å². The van der Waals surface area contributed by atoms with Crippen LogP contribution in [0.3, 0.4) is 0 Å². The van der Waals surface area contributed by atoms with Crippen molar-refractivity contribution in [2.24, 2.45) is 5.92 Å². The third-order valence-corrected chi connectivity index (χ3v) is 5.94. The quantitative estimate of drug-likeness (QED) is 0.614. The second kappa shape index (κ2) is 10.2. The lowest BCUT2D eigenvalue weighted by molar-refractivity contribution is -0.139. The summed E-state index contributed by atoms with van der Waals surface area (Å²) in [4.78, 5) is 23.1. The number of fused-ring (bicyclic) bond motifs is 1. The number of hydrogen-bond acceptors (Lipinski definition) is 4. The molecule has 11 heteroatoms. The van der Waals surface area contributed by atoms with E-state index in [0.717, 1.165) is 5.56 Å². The van der Waals surface area contributed by atoms with E-state index < -0.39 is 24.7 Å². The minimum Gasteiger partial charge on any atom is -0.396 e. The number of aliphatic hydroxyl groups is 1. The van der Waals surface area contributed by atoms with Crippen molar-refractivity contribution >= 4 is 29.2 Å². The van der Waals surface area contributed by atoms with E-state index in [-0.39, 0.29) is 34.7 Å². The summed E-state index contributed by atoms with van der Waals surface area (Å²) in [7, 11) is 0. The molecule has 0 aliphatic carbocycles. The molecule has 174 valence electrons. The molecule has 0 bridgehead atoms. The molecule has 1 aromatic carbocycles. The van der Waals surface area contributed by atoms with Crippen LogP contribution in [-0.2, 0) is 19.4 Å². The first-order valence-corrected chi connectivity index (χ1v) is 10.8. The molecule has 2 atom stereocenters. The van der Waals surface area contributed by atoms with Crippen molar-refractivity contribution in [3.05, 3.63) is 57.1 Å². The summed E-state index contributed by atoms with van der Waals surface area (Å²) in [6.07, 6.45) is -3.05. The summed E-state index contributed by atoms with van der Waals surface area (Å²) in [5.41, 5.74) is 1.76. The Balaban J connectivity index is 1.75. The lowest BCUT2D eigenvalue weighted by Crippen LogP contribution is -2.45. The fraction of sp³-hybridized carbons (Fsp3) is 0.476. The number of amides is 2. The van der Waals surface area contributed by atoms with Gasteiger partial charge < -0.3 is 15.3 Å². The van der Waals surface area contributed by atoms with Crippen LogP contribution in [0.4, 0.5) is 18.0 Å². The topological polar surface area (TPSA) is 78.4 Å². The molecule has 6 nitrogen and oxygen atoms in total. The third kappa shape index (κ3) is 6.46. The molecule has 32 heavy (non-hydrogen) atoms. The molecule has 2 aromatic rings. The standard InChI is InChI=1S/C21H23Cl2F3N4O2/c1-12(11-31)6-19-27-9-14-4-5-30(10-18(14)28-19)20(32)29-17(8-21(24,25)26)13-2-3-15(22)16(23)7-13/h2-3,7,9,12,17,31H,4-6,8,10-11H2,1H3,(H,29,32)/t12-,17+/m1/s1. The maximum atomic E-state index is 13.2. The van der Waals surface area contributed by atoms with Crippen LogP contribution >= 0.6 is 23.2 Å². The molecule has 1 aliphatic rings. The van der Waals surface area contributed by atoms with Gasteiger partial charge in [0.1, 0.15) is 5.82 Å². The molecule has 0 radical (unpaired) electrons. The van der Waals surface area contributed by atoms with Crippen molar-refractivity contribution in [1.82, 2.24) is 20.2 Å². The van der Waals surface area contributed by atoms with Gasteiger partial charge in [-0.2, -0.15) is 13.2 Å². The number of aliphatic hydroxyl groups excluding tert-OH is 1. The number of aromatic nitrogens is 2. The number of nitrogens with one attached hydrogen (secondary N) is 1. The Kier molecular flexibility index (Phi) is 7.84. The molecule has 0 unspecified atom stereocenters. The van der Waals surface area contributed by atoms with E-state index in [9.17, 15) is 23.1 Å². The average Bonchev–Trinajstić information content (AvgIpc) is 2.73. The second-order valence-electron chi connectivity index (χ2n) is 7.92. The number of carbonyl (C=O) groups is 1. The van der Waals surface area contributed by atoms with Gasteiger partial charge in [-0.05, 0) is 35.6 Å². The van der Waals surface area contributed by atoms with E-state index in [0.29, 0.717) is 30.9 Å². The molecular weight excluding hydrogens is 468 g/mol. The number of hydrogen-bond donors (Lipinski definition) is 2. The van der Waals surface area contributed by atoms with Gasteiger partial charge in [0.05, 0.1) is 34.7 Å². The zero-order valence-electron chi connectivity index (χ0n) is 17.3. The number of urea groups is 1. The predicted molar refractivity (Wildman–Crippen MR) is 115 cm³/mol. The number of benzene rings is 1. The van der Waals surface area contributed by atoms with Gasteiger partial charge in [0.25, 0.3) is 0 Å². The van der Waals surface area contributed by atoms with Crippen molar-refractivity contribution in [3.8, 4) is 0 Å². The number of rotatable bonds is 6. The minimum atomic E-state index is -4.50. The molecule has 2 N–H and O–H groups in total. The minimum absolute atomic E-state index is 0.00425. The molecule has 0 spiro atoms. The monoisotopic (exact) mass is 490 g/mol. The molecule has 2 heterocycles. The molecule has 1 aliphatic heterocycles. The second-order valence-corrected chi connectivity index (χ2v) is 8.73. The largest absolute Gasteiger partial charge is 0.396 e. The highest BCUT2D eigenvalue weighted by molar-refractivity contribution is 6.42. The van der Waals surface area contributed by atoms with Gasteiger partial charge in [-0.15, -0.1) is 0 Å². The van der Waals surface area contributed by atoms with Gasteiger partial charge >= 0.3 is 12.2 Å². The number of nitrogens with zero attached hydrogens (tertiary/aromatic N) is 3. The van der Waals surface area contributed by atoms with Crippen molar-refractivity contribution in [1.29, 1.82) is 0 Å². The summed E-state index contributed by atoms with van der Waals surface area (Å²) >= 11 is 11.8. The first-order valence-electron chi connectivity index (χ1n) is 10.1. The third-order valence-electron chi connectivity index (χ3n) is 5.21. The molecule has 1 aromatic heterocycles. The van der Waals surface area contributed by atoms with Gasteiger partial charge in [0.15, 0.2) is 0 Å². The Bertz CT molecular complexity index is 975. The van der Waals surface area contributed by atoms with E-state index in [1.54, 1.807) is 6.20 Å². The molecular formula is C21H23Cl2F3N4O2. The van der Waals surface area contributed by atoms with Crippen LogP contribution in [0.2, 0.25) is 10.0 Å². The normalized spacial score (nSPS) is 15.8. The van der Waals surface area contributed by atoms with Crippen LogP contribution in [-0.4, -0.2) is 45.3 Å². The Morgan fingerprint density at radius 1 is 1.31 bits per heavy atom. The van der Waals surface area contributed by atoms with Gasteiger partial charge in [0.2, 0.25) is 0 Å². The summed E-state index contributed by atoms with van der Waals surface area (Å²) in [6.45, 7) is 2.36. The van der Waals surface area contributed by atoms with Crippen molar-refractivity contribution in [2.45, 2.75) is 44.9 Å². The van der Waals surface area contributed by atoms with Gasteiger partial charge in [-0.1, -0.05) is 36.2 Å². The van der Waals surface area contributed by atoms with Crippen molar-refractivity contribution < 1.29 is 23.1 Å². The molecule has 3 rings (SSSR count). The van der Waals surface area contributed by atoms with Gasteiger partial charge in [-0.3, -0.25) is 0 Å². The lowest BCUT2D eigenvalue weighted by Gasteiger charge is -2.30. The molecule has 2 amide bonds. The maximum absolute atomic E-state index is 13.2. The summed E-state index contributed by atoms with van der Waals surface area (Å²) in [5.74, 6) is 0.545. The smallest absolute Gasteiger partial charge is 0.391 e. The first kappa shape index (κ1) is 24.5. The molecule has 0 saturated carbocycles. The van der Waals surface area contributed by atoms with E-state index in [4.69, 9.17) is 23.2 Å². The Hall–Kier alpha value is -2.10.